The number of hydrogen-bond acceptors (Lipinski definition) is 3. The Labute approximate surface area is 168 Å². The Kier molecular flexibility index (Phi) is 8.55. The van der Waals surface area contributed by atoms with Crippen LogP contribution >= 0.6 is 0 Å². The van der Waals surface area contributed by atoms with Crippen LogP contribution in [0, 0.1) is 0 Å². The van der Waals surface area contributed by atoms with Gasteiger partial charge in [-0.25, -0.2) is 0 Å². The van der Waals surface area contributed by atoms with E-state index in [1.54, 1.807) is 4.18 Å². The first-order chi connectivity index (χ1) is 13.7. The summed E-state index contributed by atoms with van der Waals surface area (Å²) < 4.78 is 225. The SMILES string of the molecule is O=S(=O)(O)OC(F)(F)C(F)(F)C(F)(F)C(F)(F)C(F)(F)C(F)(F)CCCCCC(F)(F)F. The highest BCUT2D eigenvalue weighted by Crippen LogP contribution is 2.60. The quantitative estimate of drug-likeness (QED) is 0.187. The maximum atomic E-state index is 13.5. The molecule has 0 aliphatic rings. The lowest BCUT2D eigenvalue weighted by atomic mass is 9.91. The van der Waals surface area contributed by atoms with Gasteiger partial charge in [0, 0.05) is 12.8 Å². The van der Waals surface area contributed by atoms with Crippen molar-refractivity contribution in [2.45, 2.75) is 74.0 Å². The standard InChI is InChI=1S/C12H11F15O4S/c13-6(14,4-2-1-3-5-7(15,16)17)8(18,19)9(20,21)10(22,23)11(24,25)12(26,27)31-32(28,29)30/h1-5H2,(H,28,29,30). The van der Waals surface area contributed by atoms with Gasteiger partial charge in [-0.05, 0) is 12.8 Å². The van der Waals surface area contributed by atoms with E-state index in [0.717, 1.165) is 0 Å². The van der Waals surface area contributed by atoms with Crippen molar-refractivity contribution in [3.8, 4) is 0 Å². The van der Waals surface area contributed by atoms with E-state index in [1.807, 2.05) is 0 Å². The van der Waals surface area contributed by atoms with Crippen LogP contribution < -0.4 is 0 Å². The van der Waals surface area contributed by atoms with Gasteiger partial charge in [0.1, 0.15) is 0 Å². The summed E-state index contributed by atoms with van der Waals surface area (Å²) in [5.74, 6) is -37.9. The number of halogens is 15. The normalized spacial score (nSPS) is 15.9. The third kappa shape index (κ3) is 6.23. The zero-order valence-corrected chi connectivity index (χ0v) is 15.6. The fraction of sp³-hybridized carbons (Fsp3) is 1.00. The zero-order valence-electron chi connectivity index (χ0n) is 14.8. The van der Waals surface area contributed by atoms with Crippen molar-refractivity contribution in [3.63, 3.8) is 0 Å². The molecule has 0 aromatic rings. The molecule has 0 aromatic carbocycles. The highest BCUT2D eigenvalue weighted by molar-refractivity contribution is 7.80. The minimum Gasteiger partial charge on any atom is -0.263 e. The molecule has 0 bridgehead atoms. The van der Waals surface area contributed by atoms with Crippen LogP contribution in [0.5, 0.6) is 0 Å². The molecule has 4 nitrogen and oxygen atoms in total. The molecule has 194 valence electrons. The van der Waals surface area contributed by atoms with Gasteiger partial charge in [0.25, 0.3) is 0 Å². The lowest BCUT2D eigenvalue weighted by Crippen LogP contribution is -2.71. The molecule has 0 aromatic heterocycles. The lowest BCUT2D eigenvalue weighted by Gasteiger charge is -2.40. The molecule has 0 rings (SSSR count). The molecule has 0 unspecified atom stereocenters. The highest BCUT2D eigenvalue weighted by Gasteiger charge is 2.90. The minimum absolute atomic E-state index is 0.983. The van der Waals surface area contributed by atoms with Gasteiger partial charge in [-0.1, -0.05) is 6.42 Å². The summed E-state index contributed by atoms with van der Waals surface area (Å²) in [6.07, 6.45) is -19.7. The zero-order chi connectivity index (χ0) is 26.2. The minimum atomic E-state index is -8.13. The van der Waals surface area contributed by atoms with Crippen LogP contribution in [0.15, 0.2) is 0 Å². The molecule has 0 fully saturated rings. The first-order valence-corrected chi connectivity index (χ1v) is 9.04. The van der Waals surface area contributed by atoms with Gasteiger partial charge in [-0.15, -0.1) is 0 Å². The van der Waals surface area contributed by atoms with E-state index in [9.17, 15) is 74.3 Å². The van der Waals surface area contributed by atoms with Gasteiger partial charge in [-0.2, -0.15) is 78.5 Å². The second-order valence-corrected chi connectivity index (χ2v) is 7.23. The van der Waals surface area contributed by atoms with Gasteiger partial charge in [0.15, 0.2) is 0 Å². The van der Waals surface area contributed by atoms with Crippen molar-refractivity contribution in [1.29, 1.82) is 0 Å². The summed E-state index contributed by atoms with van der Waals surface area (Å²) in [5.41, 5.74) is 0. The second kappa shape index (κ2) is 8.88. The molecule has 0 spiro atoms. The van der Waals surface area contributed by atoms with Gasteiger partial charge in [0.05, 0.1) is 0 Å². The maximum Gasteiger partial charge on any atom is 0.441 e. The van der Waals surface area contributed by atoms with E-state index >= 15 is 0 Å². The second-order valence-electron chi connectivity index (χ2n) is 6.21. The Morgan fingerprint density at radius 1 is 0.562 bits per heavy atom. The first kappa shape index (κ1) is 30.8. The summed E-state index contributed by atoms with van der Waals surface area (Å²) in [7, 11) is -6.79. The van der Waals surface area contributed by atoms with Crippen LogP contribution in [0.1, 0.15) is 32.1 Å². The number of unbranched alkanes of at least 4 members (excludes halogenated alkanes) is 2. The average molecular weight is 536 g/mol. The van der Waals surface area contributed by atoms with E-state index in [2.05, 4.69) is 0 Å². The maximum absolute atomic E-state index is 13.5. The largest absolute Gasteiger partial charge is 0.441 e. The van der Waals surface area contributed by atoms with Crippen LogP contribution in [0.3, 0.4) is 0 Å². The van der Waals surface area contributed by atoms with Crippen molar-refractivity contribution >= 4 is 10.4 Å². The third-order valence-electron chi connectivity index (χ3n) is 3.67. The van der Waals surface area contributed by atoms with Crippen molar-refractivity contribution < 1.29 is 83.0 Å². The van der Waals surface area contributed by atoms with Crippen LogP contribution in [0.4, 0.5) is 65.9 Å². The molecule has 0 aliphatic carbocycles. The Balaban J connectivity index is 5.85. The molecular formula is C12H11F15O4S. The molecule has 0 saturated carbocycles. The Hall–Kier alpha value is -1.18. The highest BCUT2D eigenvalue weighted by atomic mass is 32.3. The lowest BCUT2D eigenvalue weighted by molar-refractivity contribution is -0.446. The van der Waals surface area contributed by atoms with Gasteiger partial charge in [-0.3, -0.25) is 4.55 Å². The topological polar surface area (TPSA) is 63.6 Å². The third-order valence-corrected chi connectivity index (χ3v) is 4.09. The summed E-state index contributed by atoms with van der Waals surface area (Å²) in [4.78, 5) is 0. The molecule has 1 N–H and O–H groups in total. The first-order valence-electron chi connectivity index (χ1n) is 7.68. The predicted molar refractivity (Wildman–Crippen MR) is 71.5 cm³/mol. The Bertz CT molecular complexity index is 744. The molecule has 32 heavy (non-hydrogen) atoms. The monoisotopic (exact) mass is 536 g/mol. The molecule has 0 aliphatic heterocycles. The molecule has 0 atom stereocenters. The average Bonchev–Trinajstić information content (AvgIpc) is 2.49. The summed E-state index contributed by atoms with van der Waals surface area (Å²) in [6.45, 7) is 0. The fourth-order valence-corrected chi connectivity index (χ4v) is 2.37. The fourth-order valence-electron chi connectivity index (χ4n) is 2.00. The van der Waals surface area contributed by atoms with Crippen LogP contribution in [0.2, 0.25) is 0 Å². The Morgan fingerprint density at radius 3 is 1.31 bits per heavy atom. The molecular weight excluding hydrogens is 525 g/mol. The number of hydrogen-bond donors (Lipinski definition) is 1. The Morgan fingerprint density at radius 2 is 0.938 bits per heavy atom. The predicted octanol–water partition coefficient (Wildman–Crippen LogP) is 6.09. The number of alkyl halides is 15. The van der Waals surface area contributed by atoms with Crippen LogP contribution in [-0.2, 0) is 14.6 Å². The van der Waals surface area contributed by atoms with Crippen molar-refractivity contribution in [1.82, 2.24) is 0 Å². The molecule has 0 radical (unpaired) electrons. The molecule has 0 heterocycles. The van der Waals surface area contributed by atoms with Crippen molar-refractivity contribution in [3.05, 3.63) is 0 Å². The van der Waals surface area contributed by atoms with Crippen molar-refractivity contribution in [2.75, 3.05) is 0 Å². The van der Waals surface area contributed by atoms with E-state index in [-0.39, 0.29) is 0 Å². The van der Waals surface area contributed by atoms with Crippen LogP contribution in [-0.4, -0.2) is 54.9 Å². The molecule has 0 amide bonds. The van der Waals surface area contributed by atoms with Gasteiger partial charge in [0.2, 0.25) is 0 Å². The smallest absolute Gasteiger partial charge is 0.263 e. The molecule has 0 saturated heterocycles. The summed E-state index contributed by atoms with van der Waals surface area (Å²) in [5, 5.41) is 0. The van der Waals surface area contributed by atoms with E-state index in [1.165, 1.54) is 0 Å². The van der Waals surface area contributed by atoms with Gasteiger partial charge >= 0.3 is 52.3 Å². The number of rotatable bonds is 12. The van der Waals surface area contributed by atoms with Gasteiger partial charge < -0.3 is 0 Å². The van der Waals surface area contributed by atoms with Crippen LogP contribution in [0.25, 0.3) is 0 Å². The van der Waals surface area contributed by atoms with Crippen molar-refractivity contribution in [2.24, 2.45) is 0 Å². The van der Waals surface area contributed by atoms with E-state index in [0.29, 0.717) is 0 Å². The summed E-state index contributed by atoms with van der Waals surface area (Å²) >= 11 is 0. The van der Waals surface area contributed by atoms with E-state index < -0.39 is 84.4 Å². The van der Waals surface area contributed by atoms with E-state index in [4.69, 9.17) is 4.55 Å². The summed E-state index contributed by atoms with van der Waals surface area (Å²) in [6, 6.07) is 0. The molecule has 20 heteroatoms.